The zero-order valence-corrected chi connectivity index (χ0v) is 25.6. The van der Waals surface area contributed by atoms with Gasteiger partial charge in [0.25, 0.3) is 0 Å². The predicted octanol–water partition coefficient (Wildman–Crippen LogP) is 8.24. The molecule has 1 atom stereocenters. The van der Waals surface area contributed by atoms with Gasteiger partial charge >= 0.3 is 0 Å². The molecule has 1 unspecified atom stereocenters. The van der Waals surface area contributed by atoms with Crippen LogP contribution in [0.5, 0.6) is 0 Å². The number of allylic oxidation sites excluding steroid dienone is 3. The Hall–Kier alpha value is -2.40. The maximum absolute atomic E-state index is 16.3. The van der Waals surface area contributed by atoms with Crippen molar-refractivity contribution in [2.24, 2.45) is 16.6 Å². The van der Waals surface area contributed by atoms with Crippen molar-refractivity contribution >= 4 is 5.71 Å². The van der Waals surface area contributed by atoms with Gasteiger partial charge in [-0.25, -0.2) is 9.38 Å². The van der Waals surface area contributed by atoms with Crippen LogP contribution < -0.4 is 11.1 Å². The van der Waals surface area contributed by atoms with Gasteiger partial charge in [0.15, 0.2) is 5.67 Å². The first-order valence-corrected chi connectivity index (χ1v) is 15.9. The summed E-state index contributed by atoms with van der Waals surface area (Å²) in [6, 6.07) is 8.74. The van der Waals surface area contributed by atoms with E-state index in [1.165, 1.54) is 63.4 Å². The Morgan fingerprint density at radius 1 is 1.12 bits per heavy atom. The van der Waals surface area contributed by atoms with Crippen LogP contribution in [-0.2, 0) is 6.42 Å². The van der Waals surface area contributed by atoms with Gasteiger partial charge in [-0.15, -0.1) is 0 Å². The molecule has 1 aromatic carbocycles. The van der Waals surface area contributed by atoms with Gasteiger partial charge in [0.2, 0.25) is 0 Å². The number of piperidine rings is 1. The summed E-state index contributed by atoms with van der Waals surface area (Å²) in [6.07, 6.45) is 18.0. The second-order valence-corrected chi connectivity index (χ2v) is 12.3. The average molecular weight is 551 g/mol. The quantitative estimate of drug-likeness (QED) is 0.171. The van der Waals surface area contributed by atoms with Gasteiger partial charge in [-0.2, -0.15) is 0 Å². The molecule has 5 heteroatoms. The first-order valence-electron chi connectivity index (χ1n) is 15.9. The maximum atomic E-state index is 16.3. The van der Waals surface area contributed by atoms with Crippen LogP contribution in [0.3, 0.4) is 0 Å². The van der Waals surface area contributed by atoms with E-state index >= 15 is 4.39 Å². The number of aliphatic imine (C=N–C) groups is 1. The molecule has 0 amide bonds. The van der Waals surface area contributed by atoms with Crippen LogP contribution in [-0.4, -0.2) is 41.5 Å². The van der Waals surface area contributed by atoms with Gasteiger partial charge in [-0.3, -0.25) is 0 Å². The molecule has 3 N–H and O–H groups in total. The Balaban J connectivity index is 1.61. The molecular weight excluding hydrogens is 495 g/mol. The summed E-state index contributed by atoms with van der Waals surface area (Å²) in [6.45, 7) is 16.7. The zero-order chi connectivity index (χ0) is 29.0. The number of unbranched alkanes of at least 4 members (excludes halogenated alkanes) is 3. The third kappa shape index (κ3) is 8.80. The van der Waals surface area contributed by atoms with E-state index in [4.69, 9.17) is 10.7 Å². The Bertz CT molecular complexity index is 997. The van der Waals surface area contributed by atoms with Crippen LogP contribution in [0, 0.1) is 5.92 Å². The number of benzene rings is 1. The van der Waals surface area contributed by atoms with E-state index in [2.05, 4.69) is 61.5 Å². The van der Waals surface area contributed by atoms with Crippen LogP contribution in [0.1, 0.15) is 109 Å². The molecular formula is C35H55FN4. The van der Waals surface area contributed by atoms with Crippen molar-refractivity contribution in [3.63, 3.8) is 0 Å². The summed E-state index contributed by atoms with van der Waals surface area (Å²) < 4.78 is 16.3. The maximum Gasteiger partial charge on any atom is 0.153 e. The van der Waals surface area contributed by atoms with E-state index in [0.717, 1.165) is 24.1 Å². The standard InChI is InChI=1S/C35H55FN4/c1-6-8-9-11-15-30-18-20-31(21-19-30)33(14-7-2)38-29(4)40-26-23-35(36,24-27-40)28(3)39-34(5,22-25-37)32-16-12-10-13-17-32/h7,14,18-21,32,39H,3-4,6,8-13,15-17,22-27,37H2,1-2,5H3/b14-7-,38-33+. The minimum atomic E-state index is -1.44. The topological polar surface area (TPSA) is 53.6 Å². The first kappa shape index (κ1) is 32.1. The first-order chi connectivity index (χ1) is 19.2. The van der Waals surface area contributed by atoms with Gasteiger partial charge in [0, 0.05) is 42.7 Å². The third-order valence-corrected chi connectivity index (χ3v) is 9.21. The zero-order valence-electron chi connectivity index (χ0n) is 25.6. The summed E-state index contributed by atoms with van der Waals surface area (Å²) in [5, 5.41) is 3.59. The molecule has 1 saturated carbocycles. The van der Waals surface area contributed by atoms with Crippen molar-refractivity contribution in [3.05, 3.63) is 72.2 Å². The molecule has 1 aromatic rings. The van der Waals surface area contributed by atoms with Gasteiger partial charge in [0.1, 0.15) is 5.82 Å². The number of rotatable bonds is 15. The number of nitrogens with two attached hydrogens (primary N) is 1. The van der Waals surface area contributed by atoms with Crippen LogP contribution >= 0.6 is 0 Å². The second-order valence-electron chi connectivity index (χ2n) is 12.3. The number of hydrogen-bond donors (Lipinski definition) is 2. The van der Waals surface area contributed by atoms with Crippen molar-refractivity contribution < 1.29 is 4.39 Å². The number of aryl methyl sites for hydroxylation is 1. The number of nitrogens with one attached hydrogen (secondary N) is 1. The summed E-state index contributed by atoms with van der Waals surface area (Å²) in [5.41, 5.74) is 8.21. The van der Waals surface area contributed by atoms with Crippen molar-refractivity contribution in [1.82, 2.24) is 10.2 Å². The number of likely N-dealkylation sites (tertiary alicyclic amines) is 1. The fourth-order valence-corrected chi connectivity index (χ4v) is 6.45. The summed E-state index contributed by atoms with van der Waals surface area (Å²) >= 11 is 0. The molecule has 2 aliphatic rings. The van der Waals surface area contributed by atoms with Crippen molar-refractivity contribution in [2.45, 2.75) is 115 Å². The Labute approximate surface area is 244 Å². The highest BCUT2D eigenvalue weighted by Gasteiger charge is 2.42. The molecule has 1 aliphatic heterocycles. The normalized spacial score (nSPS) is 19.9. The van der Waals surface area contributed by atoms with Gasteiger partial charge in [-0.1, -0.05) is 88.9 Å². The summed E-state index contributed by atoms with van der Waals surface area (Å²) in [5.74, 6) is 1.20. The Morgan fingerprint density at radius 2 is 1.80 bits per heavy atom. The number of hydrogen-bond acceptors (Lipinski definition) is 4. The number of halogens is 1. The molecule has 0 aromatic heterocycles. The van der Waals surface area contributed by atoms with Gasteiger partial charge in [0.05, 0.1) is 5.71 Å². The van der Waals surface area contributed by atoms with Crippen molar-refractivity contribution in [1.29, 1.82) is 0 Å². The van der Waals surface area contributed by atoms with E-state index in [-0.39, 0.29) is 5.54 Å². The molecule has 0 radical (unpaired) electrons. The monoisotopic (exact) mass is 550 g/mol. The highest BCUT2D eigenvalue weighted by atomic mass is 19.1. The Kier molecular flexibility index (Phi) is 12.5. The predicted molar refractivity (Wildman–Crippen MR) is 170 cm³/mol. The second kappa shape index (κ2) is 15.6. The van der Waals surface area contributed by atoms with E-state index in [9.17, 15) is 0 Å². The van der Waals surface area contributed by atoms with Crippen LogP contribution in [0.15, 0.2) is 66.1 Å². The molecule has 1 saturated heterocycles. The van der Waals surface area contributed by atoms with Gasteiger partial charge < -0.3 is 16.0 Å². The lowest BCUT2D eigenvalue weighted by Gasteiger charge is -2.46. The van der Waals surface area contributed by atoms with E-state index < -0.39 is 5.67 Å². The molecule has 1 aliphatic carbocycles. The Morgan fingerprint density at radius 3 is 2.40 bits per heavy atom. The molecule has 0 spiro atoms. The molecule has 40 heavy (non-hydrogen) atoms. The number of alkyl halides is 1. The highest BCUT2D eigenvalue weighted by Crippen LogP contribution is 2.39. The SMILES string of the molecule is C=C(/N=C(\C=C/C)c1ccc(CCCCCC)cc1)N1CCC(F)(C(=C)NC(C)(CCN)C2CCCCC2)CC1. The lowest BCUT2D eigenvalue weighted by Crippen LogP contribution is -2.54. The molecule has 3 rings (SSSR count). The highest BCUT2D eigenvalue weighted by molar-refractivity contribution is 6.09. The molecule has 1 heterocycles. The average Bonchev–Trinajstić information content (AvgIpc) is 2.96. The minimum absolute atomic E-state index is 0.206. The molecule has 222 valence electrons. The van der Waals surface area contributed by atoms with Crippen molar-refractivity contribution in [2.75, 3.05) is 19.6 Å². The van der Waals surface area contributed by atoms with Crippen LogP contribution in [0.2, 0.25) is 0 Å². The molecule has 2 fully saturated rings. The number of nitrogens with zero attached hydrogens (tertiary/aromatic N) is 2. The van der Waals surface area contributed by atoms with E-state index in [0.29, 0.717) is 49.9 Å². The van der Waals surface area contributed by atoms with Crippen LogP contribution in [0.25, 0.3) is 0 Å². The third-order valence-electron chi connectivity index (χ3n) is 9.21. The smallest absolute Gasteiger partial charge is 0.153 e. The van der Waals surface area contributed by atoms with E-state index in [1.807, 2.05) is 19.1 Å². The van der Waals surface area contributed by atoms with Crippen molar-refractivity contribution in [3.8, 4) is 0 Å². The molecule has 4 nitrogen and oxygen atoms in total. The fraction of sp³-hybridized carbons (Fsp3) is 0.629. The largest absolute Gasteiger partial charge is 0.381 e. The van der Waals surface area contributed by atoms with Gasteiger partial charge in [-0.05, 0) is 70.1 Å². The molecule has 0 bridgehead atoms. The van der Waals surface area contributed by atoms with Crippen LogP contribution in [0.4, 0.5) is 4.39 Å². The lowest BCUT2D eigenvalue weighted by molar-refractivity contribution is 0.0837. The fourth-order valence-electron chi connectivity index (χ4n) is 6.45. The minimum Gasteiger partial charge on any atom is -0.381 e. The lowest BCUT2D eigenvalue weighted by atomic mass is 9.73. The summed E-state index contributed by atoms with van der Waals surface area (Å²) in [4.78, 5) is 7.01. The van der Waals surface area contributed by atoms with E-state index in [1.54, 1.807) is 0 Å². The summed E-state index contributed by atoms with van der Waals surface area (Å²) in [7, 11) is 0.